The summed E-state index contributed by atoms with van der Waals surface area (Å²) in [4.78, 5) is 11.6. The van der Waals surface area contributed by atoms with E-state index < -0.39 is 30.6 Å². The molecule has 21 heavy (non-hydrogen) atoms. The van der Waals surface area contributed by atoms with Crippen molar-refractivity contribution in [2.24, 2.45) is 0 Å². The summed E-state index contributed by atoms with van der Waals surface area (Å²) in [6, 6.07) is -0.507. The number of carbonyl (C=O) groups is 1. The molecule has 1 saturated carbocycles. The number of alkyl halides is 4. The molecule has 1 amide bonds. The number of rotatable bonds is 5. The fourth-order valence-electron chi connectivity index (χ4n) is 2.13. The van der Waals surface area contributed by atoms with Crippen molar-refractivity contribution in [3.05, 3.63) is 0 Å². The molecule has 0 aromatic heterocycles. The third-order valence-corrected chi connectivity index (χ3v) is 3.10. The van der Waals surface area contributed by atoms with Crippen LogP contribution in [0.2, 0.25) is 0 Å². The lowest BCUT2D eigenvalue weighted by Gasteiger charge is -2.22. The van der Waals surface area contributed by atoms with E-state index in [9.17, 15) is 22.4 Å². The zero-order valence-corrected chi connectivity index (χ0v) is 12.4. The van der Waals surface area contributed by atoms with Crippen molar-refractivity contribution in [2.45, 2.75) is 70.1 Å². The average Bonchev–Trinajstić information content (AvgIpc) is 2.71. The number of hydrogen-bond acceptors (Lipinski definition) is 3. The molecule has 0 aliphatic heterocycles. The molecule has 0 aromatic carbocycles. The third kappa shape index (κ3) is 6.50. The zero-order chi connectivity index (χ0) is 16.3. The van der Waals surface area contributed by atoms with Gasteiger partial charge < -0.3 is 15.4 Å². The van der Waals surface area contributed by atoms with Crippen molar-refractivity contribution in [3.8, 4) is 0 Å². The van der Waals surface area contributed by atoms with E-state index in [1.54, 1.807) is 20.8 Å². The van der Waals surface area contributed by atoms with Crippen LogP contribution in [0.25, 0.3) is 0 Å². The molecule has 2 atom stereocenters. The third-order valence-electron chi connectivity index (χ3n) is 3.10. The molecule has 0 bridgehead atoms. The summed E-state index contributed by atoms with van der Waals surface area (Å²) in [6.45, 7) is 4.14. The van der Waals surface area contributed by atoms with E-state index in [2.05, 4.69) is 10.6 Å². The summed E-state index contributed by atoms with van der Waals surface area (Å²) in [5.41, 5.74) is -0.611. The van der Waals surface area contributed by atoms with E-state index in [0.29, 0.717) is 19.3 Å². The fourth-order valence-corrected chi connectivity index (χ4v) is 2.13. The lowest BCUT2D eigenvalue weighted by Crippen LogP contribution is -2.43. The number of hydrogen-bond donors (Lipinski definition) is 2. The number of amides is 1. The van der Waals surface area contributed by atoms with Crippen LogP contribution in [-0.4, -0.2) is 42.7 Å². The first kappa shape index (κ1) is 18.0. The topological polar surface area (TPSA) is 50.4 Å². The Bertz CT molecular complexity index is 359. The molecule has 2 N–H and O–H groups in total. The Morgan fingerprint density at radius 3 is 2.33 bits per heavy atom. The molecular formula is C13H22F4N2O2. The summed E-state index contributed by atoms with van der Waals surface area (Å²) in [7, 11) is 0. The van der Waals surface area contributed by atoms with Gasteiger partial charge in [-0.3, -0.25) is 0 Å². The normalized spacial score (nSPS) is 23.4. The van der Waals surface area contributed by atoms with Gasteiger partial charge in [-0.1, -0.05) is 0 Å². The van der Waals surface area contributed by atoms with E-state index >= 15 is 0 Å². The molecule has 1 aliphatic carbocycles. The number of ether oxygens (including phenoxy) is 1. The molecule has 8 heteroatoms. The van der Waals surface area contributed by atoms with E-state index in [4.69, 9.17) is 4.74 Å². The maximum atomic E-state index is 12.8. The Hall–Kier alpha value is -1.05. The molecule has 0 saturated heterocycles. The second-order valence-electron chi connectivity index (χ2n) is 6.30. The molecule has 1 aliphatic rings. The van der Waals surface area contributed by atoms with Crippen molar-refractivity contribution >= 4 is 6.09 Å². The van der Waals surface area contributed by atoms with Crippen LogP contribution in [0.1, 0.15) is 40.0 Å². The van der Waals surface area contributed by atoms with E-state index in [0.717, 1.165) is 0 Å². The maximum absolute atomic E-state index is 12.8. The predicted octanol–water partition coefficient (Wildman–Crippen LogP) is 2.92. The Kier molecular flexibility index (Phi) is 5.83. The summed E-state index contributed by atoms with van der Waals surface area (Å²) < 4.78 is 54.7. The zero-order valence-electron chi connectivity index (χ0n) is 12.4. The monoisotopic (exact) mass is 314 g/mol. The highest BCUT2D eigenvalue weighted by molar-refractivity contribution is 5.68. The smallest absolute Gasteiger partial charge is 0.407 e. The minimum atomic E-state index is -4.03. The average molecular weight is 314 g/mol. The number of carbonyl (C=O) groups excluding carboxylic acids is 1. The minimum absolute atomic E-state index is 0.197. The Labute approximate surface area is 121 Å². The SMILES string of the molecule is CC(C)(C)OC(=O)NC1CCC(NCC(F)(F)C(F)F)C1. The Morgan fingerprint density at radius 2 is 1.81 bits per heavy atom. The minimum Gasteiger partial charge on any atom is -0.444 e. The van der Waals surface area contributed by atoms with Gasteiger partial charge in [0.2, 0.25) is 0 Å². The summed E-state index contributed by atoms with van der Waals surface area (Å²) in [6.07, 6.45) is -2.69. The summed E-state index contributed by atoms with van der Waals surface area (Å²) >= 11 is 0. The molecule has 124 valence electrons. The first-order valence-electron chi connectivity index (χ1n) is 6.88. The van der Waals surface area contributed by atoms with Gasteiger partial charge in [0.15, 0.2) is 0 Å². The van der Waals surface area contributed by atoms with E-state index in [-0.39, 0.29) is 12.1 Å². The van der Waals surface area contributed by atoms with Gasteiger partial charge in [-0.15, -0.1) is 0 Å². The Balaban J connectivity index is 2.31. The molecule has 0 heterocycles. The quantitative estimate of drug-likeness (QED) is 0.767. The first-order chi connectivity index (χ1) is 9.49. The van der Waals surface area contributed by atoms with Gasteiger partial charge in [0.1, 0.15) is 5.60 Å². The second kappa shape index (κ2) is 6.81. The van der Waals surface area contributed by atoms with Crippen LogP contribution in [-0.2, 0) is 4.74 Å². The van der Waals surface area contributed by atoms with Crippen LogP contribution in [0.15, 0.2) is 0 Å². The van der Waals surface area contributed by atoms with Crippen molar-refractivity contribution in [1.29, 1.82) is 0 Å². The standard InChI is InChI=1S/C13H22F4N2O2/c1-12(2,3)21-11(20)19-9-5-4-8(6-9)18-7-13(16,17)10(14)15/h8-10,18H,4-7H2,1-3H3,(H,19,20). The highest BCUT2D eigenvalue weighted by Gasteiger charge is 2.41. The first-order valence-corrected chi connectivity index (χ1v) is 6.88. The maximum Gasteiger partial charge on any atom is 0.407 e. The van der Waals surface area contributed by atoms with Crippen LogP contribution in [0.3, 0.4) is 0 Å². The van der Waals surface area contributed by atoms with Gasteiger partial charge in [-0.2, -0.15) is 8.78 Å². The molecule has 0 radical (unpaired) electrons. The van der Waals surface area contributed by atoms with Gasteiger partial charge in [-0.25, -0.2) is 13.6 Å². The van der Waals surface area contributed by atoms with Crippen LogP contribution in [0.4, 0.5) is 22.4 Å². The summed E-state index contributed by atoms with van der Waals surface area (Å²) in [5.74, 6) is -4.03. The second-order valence-corrected chi connectivity index (χ2v) is 6.30. The van der Waals surface area contributed by atoms with Gasteiger partial charge in [0, 0.05) is 12.1 Å². The fraction of sp³-hybridized carbons (Fsp3) is 0.923. The molecule has 0 spiro atoms. The van der Waals surface area contributed by atoms with Gasteiger partial charge >= 0.3 is 18.4 Å². The van der Waals surface area contributed by atoms with Crippen LogP contribution in [0.5, 0.6) is 0 Å². The van der Waals surface area contributed by atoms with Gasteiger partial charge in [0.25, 0.3) is 0 Å². The molecule has 4 nitrogen and oxygen atoms in total. The van der Waals surface area contributed by atoms with E-state index in [1.807, 2.05) is 0 Å². The number of nitrogens with one attached hydrogen (secondary N) is 2. The largest absolute Gasteiger partial charge is 0.444 e. The van der Waals surface area contributed by atoms with Crippen molar-refractivity contribution < 1.29 is 27.1 Å². The highest BCUT2D eigenvalue weighted by Crippen LogP contribution is 2.24. The molecule has 1 rings (SSSR count). The number of halogens is 4. The lowest BCUT2D eigenvalue weighted by atomic mass is 10.2. The summed E-state index contributed by atoms with van der Waals surface area (Å²) in [5, 5.41) is 5.08. The molecule has 2 unspecified atom stereocenters. The highest BCUT2D eigenvalue weighted by atomic mass is 19.3. The van der Waals surface area contributed by atoms with E-state index in [1.165, 1.54) is 0 Å². The van der Waals surface area contributed by atoms with Crippen LogP contribution in [0, 0.1) is 0 Å². The molecular weight excluding hydrogens is 292 g/mol. The lowest BCUT2D eigenvalue weighted by molar-refractivity contribution is -0.126. The number of alkyl carbamates (subject to hydrolysis) is 1. The predicted molar refractivity (Wildman–Crippen MR) is 69.8 cm³/mol. The Morgan fingerprint density at radius 1 is 1.24 bits per heavy atom. The van der Waals surface area contributed by atoms with Gasteiger partial charge in [0.05, 0.1) is 6.54 Å². The van der Waals surface area contributed by atoms with Crippen LogP contribution < -0.4 is 10.6 Å². The van der Waals surface area contributed by atoms with Crippen molar-refractivity contribution in [2.75, 3.05) is 6.54 Å². The van der Waals surface area contributed by atoms with Gasteiger partial charge in [-0.05, 0) is 40.0 Å². The van der Waals surface area contributed by atoms with Crippen LogP contribution >= 0.6 is 0 Å². The molecule has 0 aromatic rings. The van der Waals surface area contributed by atoms with Crippen molar-refractivity contribution in [1.82, 2.24) is 10.6 Å². The van der Waals surface area contributed by atoms with Crippen molar-refractivity contribution in [3.63, 3.8) is 0 Å². The molecule has 1 fully saturated rings.